The molecule has 3 amide bonds. The number of nitrogens with zero attached hydrogens (tertiary/aromatic N) is 1. The minimum Gasteiger partial charge on any atom is -0.370 e. The Labute approximate surface area is 193 Å². The fourth-order valence-corrected chi connectivity index (χ4v) is 4.22. The lowest BCUT2D eigenvalue weighted by atomic mass is 10.2. The minimum absolute atomic E-state index is 0.00146. The Morgan fingerprint density at radius 3 is 2.75 bits per heavy atom. The van der Waals surface area contributed by atoms with E-state index in [0.29, 0.717) is 28.1 Å². The van der Waals surface area contributed by atoms with Gasteiger partial charge in [0.25, 0.3) is 11.8 Å². The highest BCUT2D eigenvalue weighted by molar-refractivity contribution is 7.18. The lowest BCUT2D eigenvalue weighted by Crippen LogP contribution is -2.49. The molecule has 1 aromatic heterocycles. The molecule has 2 aliphatic rings. The molecule has 1 saturated heterocycles. The molecule has 0 unspecified atom stereocenters. The first-order chi connectivity index (χ1) is 15.4. The number of nitrogens with one attached hydrogen (secondary N) is 3. The topological polar surface area (TPSA) is 99.8 Å². The molecule has 2 aromatic rings. The first-order valence-electron chi connectivity index (χ1n) is 10.2. The average Bonchev–Trinajstić information content (AvgIpc) is 3.49. The molecule has 8 nitrogen and oxygen atoms in total. The van der Waals surface area contributed by atoms with Crippen molar-refractivity contribution >= 4 is 52.0 Å². The largest absolute Gasteiger partial charge is 0.370 e. The van der Waals surface area contributed by atoms with E-state index < -0.39 is 17.8 Å². The second-order valence-corrected chi connectivity index (χ2v) is 9.27. The molecule has 1 aliphatic carbocycles. The van der Waals surface area contributed by atoms with Gasteiger partial charge in [0.15, 0.2) is 0 Å². The number of ether oxygens (including phenoxy) is 1. The first-order valence-corrected chi connectivity index (χ1v) is 11.4. The van der Waals surface area contributed by atoms with Gasteiger partial charge in [-0.1, -0.05) is 11.6 Å². The fraction of sp³-hybridized carbons (Fsp3) is 0.381. The normalized spacial score (nSPS) is 17.2. The molecule has 2 heterocycles. The molecule has 4 rings (SSSR count). The van der Waals surface area contributed by atoms with Crippen LogP contribution in [0.1, 0.15) is 22.5 Å². The quantitative estimate of drug-likeness (QED) is 0.538. The van der Waals surface area contributed by atoms with Gasteiger partial charge in [0.05, 0.1) is 21.5 Å². The molecule has 0 radical (unpaired) electrons. The fourth-order valence-electron chi connectivity index (χ4n) is 3.26. The third-order valence-corrected chi connectivity index (χ3v) is 6.33. The Bertz CT molecular complexity index is 1030. The summed E-state index contributed by atoms with van der Waals surface area (Å²) in [6, 6.07) is 6.91. The van der Waals surface area contributed by atoms with Crippen LogP contribution in [0.2, 0.25) is 4.34 Å². The molecule has 0 bridgehead atoms. The average molecular weight is 481 g/mol. The Morgan fingerprint density at radius 1 is 1.28 bits per heavy atom. The van der Waals surface area contributed by atoms with Crippen molar-refractivity contribution in [3.63, 3.8) is 0 Å². The zero-order chi connectivity index (χ0) is 22.7. The van der Waals surface area contributed by atoms with Crippen molar-refractivity contribution in [3.8, 4) is 0 Å². The van der Waals surface area contributed by atoms with Gasteiger partial charge >= 0.3 is 0 Å². The number of thiophene rings is 1. The first kappa shape index (κ1) is 22.7. The summed E-state index contributed by atoms with van der Waals surface area (Å²) in [6.07, 6.45) is 1.88. The Kier molecular flexibility index (Phi) is 7.04. The summed E-state index contributed by atoms with van der Waals surface area (Å²) < 4.78 is 20.3. The number of amides is 3. The Morgan fingerprint density at radius 2 is 2.09 bits per heavy atom. The highest BCUT2D eigenvalue weighted by atomic mass is 35.5. The van der Waals surface area contributed by atoms with Crippen LogP contribution in [-0.2, 0) is 14.3 Å². The van der Waals surface area contributed by atoms with Crippen LogP contribution >= 0.6 is 22.9 Å². The number of rotatable bonds is 8. The van der Waals surface area contributed by atoms with Crippen LogP contribution in [0.15, 0.2) is 30.3 Å². The van der Waals surface area contributed by atoms with Gasteiger partial charge in [0.1, 0.15) is 18.5 Å². The summed E-state index contributed by atoms with van der Waals surface area (Å²) in [4.78, 5) is 39.0. The number of hydrogen-bond acceptors (Lipinski definition) is 6. The SMILES string of the molecule is O=C(NC[C@H](NC1CC1)C(=O)Nc1ccc(N2CCOCC2=O)cc1F)c1ccc(Cl)s1. The molecular weight excluding hydrogens is 459 g/mol. The van der Waals surface area contributed by atoms with E-state index in [1.165, 1.54) is 17.0 Å². The third-order valence-electron chi connectivity index (χ3n) is 5.10. The van der Waals surface area contributed by atoms with Crippen molar-refractivity contribution in [2.45, 2.75) is 24.9 Å². The molecule has 1 saturated carbocycles. The van der Waals surface area contributed by atoms with Crippen LogP contribution in [0.5, 0.6) is 0 Å². The van der Waals surface area contributed by atoms with Gasteiger partial charge < -0.3 is 25.6 Å². The Hall–Kier alpha value is -2.53. The van der Waals surface area contributed by atoms with Crippen LogP contribution < -0.4 is 20.9 Å². The number of benzene rings is 1. The smallest absolute Gasteiger partial charge is 0.261 e. The number of halogens is 2. The number of hydrogen-bond donors (Lipinski definition) is 3. The molecule has 11 heteroatoms. The lowest BCUT2D eigenvalue weighted by molar-refractivity contribution is -0.125. The van der Waals surface area contributed by atoms with E-state index in [-0.39, 0.29) is 36.7 Å². The van der Waals surface area contributed by atoms with Crippen molar-refractivity contribution in [3.05, 3.63) is 45.4 Å². The number of carbonyl (C=O) groups is 3. The molecule has 0 spiro atoms. The van der Waals surface area contributed by atoms with Gasteiger partial charge in [-0.2, -0.15) is 0 Å². The Balaban J connectivity index is 1.40. The van der Waals surface area contributed by atoms with E-state index >= 15 is 0 Å². The van der Waals surface area contributed by atoms with E-state index in [0.717, 1.165) is 24.2 Å². The molecular formula is C21H22ClFN4O4S. The molecule has 170 valence electrons. The van der Waals surface area contributed by atoms with Gasteiger partial charge in [-0.3, -0.25) is 14.4 Å². The van der Waals surface area contributed by atoms with Crippen LogP contribution in [0.3, 0.4) is 0 Å². The van der Waals surface area contributed by atoms with Gasteiger partial charge in [-0.05, 0) is 43.2 Å². The third kappa shape index (κ3) is 5.63. The zero-order valence-electron chi connectivity index (χ0n) is 17.0. The molecule has 3 N–H and O–H groups in total. The van der Waals surface area contributed by atoms with Crippen molar-refractivity contribution in [1.82, 2.24) is 10.6 Å². The maximum atomic E-state index is 14.7. The molecule has 1 aromatic carbocycles. The van der Waals surface area contributed by atoms with E-state index in [1.807, 2.05) is 0 Å². The second kappa shape index (κ2) is 9.95. The van der Waals surface area contributed by atoms with Crippen LogP contribution in [0, 0.1) is 5.82 Å². The van der Waals surface area contributed by atoms with Crippen LogP contribution in [-0.4, -0.2) is 56.1 Å². The van der Waals surface area contributed by atoms with Gasteiger partial charge in [0, 0.05) is 24.8 Å². The van der Waals surface area contributed by atoms with Gasteiger partial charge in [0.2, 0.25) is 5.91 Å². The maximum absolute atomic E-state index is 14.7. The van der Waals surface area contributed by atoms with Crippen molar-refractivity contribution in [2.24, 2.45) is 0 Å². The predicted octanol–water partition coefficient (Wildman–Crippen LogP) is 2.39. The van der Waals surface area contributed by atoms with E-state index in [1.54, 1.807) is 18.2 Å². The predicted molar refractivity (Wildman–Crippen MR) is 120 cm³/mol. The second-order valence-electron chi connectivity index (χ2n) is 7.56. The highest BCUT2D eigenvalue weighted by Gasteiger charge is 2.29. The zero-order valence-corrected chi connectivity index (χ0v) is 18.6. The molecule has 2 fully saturated rings. The summed E-state index contributed by atoms with van der Waals surface area (Å²) in [5.74, 6) is -1.69. The summed E-state index contributed by atoms with van der Waals surface area (Å²) in [6.45, 7) is 0.715. The highest BCUT2D eigenvalue weighted by Crippen LogP contribution is 2.24. The van der Waals surface area contributed by atoms with Crippen molar-refractivity contribution in [2.75, 3.05) is 36.5 Å². The monoisotopic (exact) mass is 480 g/mol. The summed E-state index contributed by atoms with van der Waals surface area (Å²) in [5, 5.41) is 8.47. The lowest BCUT2D eigenvalue weighted by Gasteiger charge is -2.27. The van der Waals surface area contributed by atoms with Crippen LogP contribution in [0.25, 0.3) is 0 Å². The summed E-state index contributed by atoms with van der Waals surface area (Å²) in [7, 11) is 0. The van der Waals surface area contributed by atoms with Gasteiger partial charge in [-0.25, -0.2) is 4.39 Å². The number of carbonyl (C=O) groups excluding carboxylic acids is 3. The molecule has 32 heavy (non-hydrogen) atoms. The van der Waals surface area contributed by atoms with E-state index in [4.69, 9.17) is 16.3 Å². The standard InChI is InChI=1S/C21H22ClFN4O4S/c22-18-6-5-17(32-18)21(30)24-10-16(25-12-1-2-12)20(29)26-15-4-3-13(9-14(15)23)27-7-8-31-11-19(27)28/h3-6,9,12,16,25H,1-2,7-8,10-11H2,(H,24,30)(H,26,29)/t16-/m0/s1. The maximum Gasteiger partial charge on any atom is 0.261 e. The number of morpholine rings is 1. The van der Waals surface area contributed by atoms with E-state index in [2.05, 4.69) is 16.0 Å². The molecule has 1 aliphatic heterocycles. The van der Waals surface area contributed by atoms with Crippen LogP contribution in [0.4, 0.5) is 15.8 Å². The molecule has 1 atom stereocenters. The van der Waals surface area contributed by atoms with Gasteiger partial charge in [-0.15, -0.1) is 11.3 Å². The van der Waals surface area contributed by atoms with Crippen molar-refractivity contribution < 1.29 is 23.5 Å². The minimum atomic E-state index is -0.734. The number of anilines is 2. The van der Waals surface area contributed by atoms with Crippen molar-refractivity contribution in [1.29, 1.82) is 0 Å². The van der Waals surface area contributed by atoms with E-state index in [9.17, 15) is 18.8 Å². The summed E-state index contributed by atoms with van der Waals surface area (Å²) in [5.41, 5.74) is 0.404. The summed E-state index contributed by atoms with van der Waals surface area (Å²) >= 11 is 7.01.